The van der Waals surface area contributed by atoms with Crippen LogP contribution in [-0.4, -0.2) is 23.3 Å². The van der Waals surface area contributed by atoms with E-state index in [4.69, 9.17) is 11.5 Å². The first-order valence-corrected chi connectivity index (χ1v) is 12.1. The molecule has 4 unspecified atom stereocenters. The molecule has 1 aliphatic heterocycles. The van der Waals surface area contributed by atoms with Crippen LogP contribution in [0.3, 0.4) is 0 Å². The molecule has 1 heterocycles. The molecule has 0 amide bonds. The number of aliphatic hydroxyl groups is 1. The molecule has 7 nitrogen and oxygen atoms in total. The van der Waals surface area contributed by atoms with Crippen LogP contribution < -0.4 is 27.6 Å². The summed E-state index contributed by atoms with van der Waals surface area (Å²) in [6.07, 6.45) is 10.4. The summed E-state index contributed by atoms with van der Waals surface area (Å²) in [5, 5.41) is 13.5. The van der Waals surface area contributed by atoms with Gasteiger partial charge in [0.2, 0.25) is 0 Å². The fraction of sp³-hybridized carbons (Fsp3) is 0.444. The molecule has 8 N–H and O–H groups in total. The Morgan fingerprint density at radius 1 is 1.38 bits per heavy atom. The van der Waals surface area contributed by atoms with E-state index < -0.39 is 6.23 Å². The van der Waals surface area contributed by atoms with Crippen molar-refractivity contribution in [3.8, 4) is 0 Å². The molecule has 1 aliphatic carbocycles. The molecule has 4 atom stereocenters. The molecule has 1 fully saturated rings. The van der Waals surface area contributed by atoms with Crippen molar-refractivity contribution >= 4 is 11.5 Å². The van der Waals surface area contributed by atoms with Crippen molar-refractivity contribution < 1.29 is 5.11 Å². The highest BCUT2D eigenvalue weighted by Crippen LogP contribution is 2.36. The van der Waals surface area contributed by atoms with Gasteiger partial charge in [-0.15, -0.1) is 6.58 Å². The maximum Gasteiger partial charge on any atom is 0.124 e. The van der Waals surface area contributed by atoms with Crippen LogP contribution in [0.1, 0.15) is 58.1 Å². The van der Waals surface area contributed by atoms with Gasteiger partial charge in [-0.3, -0.25) is 4.99 Å². The van der Waals surface area contributed by atoms with Crippen LogP contribution in [0.25, 0.3) is 0 Å². The predicted octanol–water partition coefficient (Wildman–Crippen LogP) is 4.00. The summed E-state index contributed by atoms with van der Waals surface area (Å²) >= 11 is 0. The molecule has 0 radical (unpaired) electrons. The molecule has 0 bridgehead atoms. The fourth-order valence-corrected chi connectivity index (χ4v) is 4.29. The number of nitrogens with one attached hydrogen (secondary N) is 3. The van der Waals surface area contributed by atoms with Gasteiger partial charge in [-0.1, -0.05) is 55.9 Å². The standard InChI is InChI=1S/C27H40N6O/c1-5-7-18(4)10-13-24(28)31-27(29)20-11-12-23-22(16-20)26(33-32-23)19-8-6-9-21(15-19)30-25(34)14-17(2)3/h5-6,8-10,12,15-17,20,24-26,30,32-34H,1,7,11,13-14,28H2,2-4H3,(H2,29,31)/b18-10-. The molecule has 1 aromatic carbocycles. The van der Waals surface area contributed by atoms with Gasteiger partial charge in [0.15, 0.2) is 0 Å². The molecule has 34 heavy (non-hydrogen) atoms. The number of anilines is 1. The Bertz CT molecular complexity index is 977. The molecular weight excluding hydrogens is 424 g/mol. The van der Waals surface area contributed by atoms with Crippen LogP contribution in [0.15, 0.2) is 77.0 Å². The second-order valence-electron chi connectivity index (χ2n) is 9.60. The Morgan fingerprint density at radius 2 is 2.18 bits per heavy atom. The minimum absolute atomic E-state index is 0.00132. The van der Waals surface area contributed by atoms with Crippen LogP contribution in [0.5, 0.6) is 0 Å². The van der Waals surface area contributed by atoms with Gasteiger partial charge in [-0.05, 0) is 55.4 Å². The minimum Gasteiger partial charge on any atom is -0.387 e. The lowest BCUT2D eigenvalue weighted by Gasteiger charge is -2.21. The van der Waals surface area contributed by atoms with Crippen LogP contribution in [0.4, 0.5) is 5.69 Å². The number of fused-ring (bicyclic) bond motifs is 1. The molecule has 2 aliphatic rings. The number of hydrogen-bond acceptors (Lipinski definition) is 6. The summed E-state index contributed by atoms with van der Waals surface area (Å²) in [7, 11) is 0. The number of aliphatic imine (C=N–C) groups is 1. The van der Waals surface area contributed by atoms with Crippen molar-refractivity contribution in [2.45, 2.75) is 64.9 Å². The lowest BCUT2D eigenvalue weighted by molar-refractivity contribution is 0.176. The topological polar surface area (TPSA) is 121 Å². The van der Waals surface area contributed by atoms with Crippen LogP contribution in [0.2, 0.25) is 0 Å². The minimum atomic E-state index is -0.575. The summed E-state index contributed by atoms with van der Waals surface area (Å²) in [6, 6.07) is 8.10. The van der Waals surface area contributed by atoms with Gasteiger partial charge in [0, 0.05) is 23.7 Å². The van der Waals surface area contributed by atoms with Gasteiger partial charge in [0.05, 0.1) is 6.04 Å². The normalized spacial score (nSPS) is 22.4. The largest absolute Gasteiger partial charge is 0.387 e. The van der Waals surface area contributed by atoms with E-state index in [0.29, 0.717) is 24.6 Å². The van der Waals surface area contributed by atoms with Crippen molar-refractivity contribution in [3.05, 3.63) is 77.6 Å². The number of rotatable bonds is 11. The molecule has 0 saturated carbocycles. The summed E-state index contributed by atoms with van der Waals surface area (Å²) in [6.45, 7) is 10.0. The highest BCUT2D eigenvalue weighted by Gasteiger charge is 2.30. The Kier molecular flexibility index (Phi) is 9.10. The Labute approximate surface area is 203 Å². The first kappa shape index (κ1) is 25.7. The second kappa shape index (κ2) is 12.0. The predicted molar refractivity (Wildman–Crippen MR) is 142 cm³/mol. The van der Waals surface area contributed by atoms with Crippen molar-refractivity contribution in [2.24, 2.45) is 28.3 Å². The zero-order valence-electron chi connectivity index (χ0n) is 20.6. The summed E-state index contributed by atoms with van der Waals surface area (Å²) in [5.74, 6) is 0.972. The lowest BCUT2D eigenvalue weighted by Crippen LogP contribution is -2.29. The third kappa shape index (κ3) is 7.06. The van der Waals surface area contributed by atoms with Gasteiger partial charge >= 0.3 is 0 Å². The molecule has 0 spiro atoms. The molecule has 1 aromatic rings. The molecule has 3 rings (SSSR count). The molecule has 1 saturated heterocycles. The highest BCUT2D eigenvalue weighted by atomic mass is 16.3. The fourth-order valence-electron chi connectivity index (χ4n) is 4.29. The van der Waals surface area contributed by atoms with Crippen molar-refractivity contribution in [1.29, 1.82) is 0 Å². The van der Waals surface area contributed by atoms with E-state index in [0.717, 1.165) is 35.4 Å². The zero-order valence-corrected chi connectivity index (χ0v) is 20.6. The first-order chi connectivity index (χ1) is 16.3. The van der Waals surface area contributed by atoms with Crippen molar-refractivity contribution in [3.63, 3.8) is 0 Å². The Hall–Kier alpha value is -2.87. The number of nitrogens with two attached hydrogens (primary N) is 2. The number of benzene rings is 1. The average molecular weight is 465 g/mol. The van der Waals surface area contributed by atoms with Crippen LogP contribution in [0, 0.1) is 11.8 Å². The summed E-state index contributed by atoms with van der Waals surface area (Å²) in [5.41, 5.74) is 24.7. The van der Waals surface area contributed by atoms with Gasteiger partial charge in [-0.2, -0.15) is 0 Å². The molecule has 0 aromatic heterocycles. The van der Waals surface area contributed by atoms with E-state index in [-0.39, 0.29) is 18.1 Å². The number of amidine groups is 1. The lowest BCUT2D eigenvalue weighted by atomic mass is 9.88. The van der Waals surface area contributed by atoms with E-state index in [2.05, 4.69) is 78.9 Å². The third-order valence-electron chi connectivity index (χ3n) is 6.05. The smallest absolute Gasteiger partial charge is 0.124 e. The quantitative estimate of drug-likeness (QED) is 0.127. The van der Waals surface area contributed by atoms with Crippen molar-refractivity contribution in [1.82, 2.24) is 10.9 Å². The number of nitrogens with zero attached hydrogens (tertiary/aromatic N) is 1. The van der Waals surface area contributed by atoms with Crippen LogP contribution >= 0.6 is 0 Å². The summed E-state index contributed by atoms with van der Waals surface area (Å²) < 4.78 is 0. The van der Waals surface area contributed by atoms with Crippen molar-refractivity contribution in [2.75, 3.05) is 5.32 Å². The summed E-state index contributed by atoms with van der Waals surface area (Å²) in [4.78, 5) is 4.56. The van der Waals surface area contributed by atoms with E-state index in [9.17, 15) is 5.11 Å². The SMILES string of the molecule is C=CC/C(C)=C\CC(N)N=C(N)C1C=C2C(=CC1)NNC2c1cccc(NC(O)CC(C)C)c1. The first-order valence-electron chi connectivity index (χ1n) is 12.1. The molecular formula is C27H40N6O. The van der Waals surface area contributed by atoms with Crippen LogP contribution in [-0.2, 0) is 0 Å². The number of aliphatic hydroxyl groups excluding tert-OH is 1. The molecule has 7 heteroatoms. The van der Waals surface area contributed by atoms with Gasteiger partial charge in [0.1, 0.15) is 18.2 Å². The number of hydrazine groups is 1. The van der Waals surface area contributed by atoms with Gasteiger partial charge in [0.25, 0.3) is 0 Å². The maximum atomic E-state index is 10.3. The average Bonchev–Trinajstić information content (AvgIpc) is 3.21. The highest BCUT2D eigenvalue weighted by molar-refractivity contribution is 5.85. The number of allylic oxidation sites excluding steroid dienone is 3. The van der Waals surface area contributed by atoms with E-state index in [1.165, 1.54) is 5.57 Å². The van der Waals surface area contributed by atoms with Gasteiger partial charge < -0.3 is 27.3 Å². The third-order valence-corrected chi connectivity index (χ3v) is 6.05. The maximum absolute atomic E-state index is 10.3. The van der Waals surface area contributed by atoms with E-state index >= 15 is 0 Å². The van der Waals surface area contributed by atoms with E-state index in [1.54, 1.807) is 0 Å². The number of hydrogen-bond donors (Lipinski definition) is 6. The van der Waals surface area contributed by atoms with Gasteiger partial charge in [-0.25, -0.2) is 5.43 Å². The Morgan fingerprint density at radius 3 is 2.91 bits per heavy atom. The van der Waals surface area contributed by atoms with E-state index in [1.807, 2.05) is 18.2 Å². The zero-order chi connectivity index (χ0) is 24.7. The monoisotopic (exact) mass is 464 g/mol. The Balaban J connectivity index is 1.72. The second-order valence-corrected chi connectivity index (χ2v) is 9.60. The molecule has 184 valence electrons.